The van der Waals surface area contributed by atoms with Crippen LogP contribution < -0.4 is 5.32 Å². The number of alkyl carbamates (subject to hydrolysis) is 1. The van der Waals surface area contributed by atoms with E-state index in [1.54, 1.807) is 38.1 Å². The molecule has 100 valence electrons. The molecule has 19 heavy (non-hydrogen) atoms. The lowest BCUT2D eigenvalue weighted by molar-refractivity contribution is 0.0563. The molecule has 1 atom stereocenters. The zero-order chi connectivity index (χ0) is 14.0. The van der Waals surface area contributed by atoms with Crippen LogP contribution in [0.25, 0.3) is 0 Å². The first-order valence-electron chi connectivity index (χ1n) is 5.96. The fraction of sp³-hybridized carbons (Fsp3) is 0.308. The van der Waals surface area contributed by atoms with Crippen molar-refractivity contribution in [3.63, 3.8) is 0 Å². The Morgan fingerprint density at radius 2 is 1.79 bits per heavy atom. The maximum Gasteiger partial charge on any atom is 0.408 e. The topological polar surface area (TPSA) is 75.7 Å². The summed E-state index contributed by atoms with van der Waals surface area (Å²) in [7, 11) is 0. The molecule has 1 N–H and O–H groups in total. The lowest BCUT2D eigenvalue weighted by Gasteiger charge is -2.22. The van der Waals surface area contributed by atoms with Gasteiger partial charge in [-0.3, -0.25) is 14.5 Å². The van der Waals surface area contributed by atoms with Crippen LogP contribution in [-0.2, 0) is 4.74 Å². The fourth-order valence-electron chi connectivity index (χ4n) is 1.97. The Morgan fingerprint density at radius 1 is 1.26 bits per heavy atom. The molecule has 3 amide bonds. The second-order valence-corrected chi connectivity index (χ2v) is 4.07. The van der Waals surface area contributed by atoms with Crippen LogP contribution in [0.15, 0.2) is 24.3 Å². The highest BCUT2D eigenvalue weighted by molar-refractivity contribution is 6.21. The number of nitrogens with one attached hydrogen (secondary N) is 1. The van der Waals surface area contributed by atoms with Gasteiger partial charge in [-0.15, -0.1) is 0 Å². The summed E-state index contributed by atoms with van der Waals surface area (Å²) in [5, 5.41) is 2.44. The minimum atomic E-state index is -0.758. The molecule has 1 aliphatic rings. The van der Waals surface area contributed by atoms with Gasteiger partial charge in [0.25, 0.3) is 11.8 Å². The van der Waals surface area contributed by atoms with Crippen molar-refractivity contribution >= 4 is 17.9 Å². The highest BCUT2D eigenvalue weighted by Crippen LogP contribution is 2.23. The van der Waals surface area contributed by atoms with Crippen molar-refractivity contribution in [1.82, 2.24) is 10.2 Å². The van der Waals surface area contributed by atoms with Crippen LogP contribution in [0.5, 0.6) is 0 Å². The van der Waals surface area contributed by atoms with E-state index in [0.29, 0.717) is 11.1 Å². The third kappa shape index (κ3) is 2.29. The van der Waals surface area contributed by atoms with Gasteiger partial charge in [0, 0.05) is 0 Å². The largest absolute Gasteiger partial charge is 0.450 e. The highest BCUT2D eigenvalue weighted by Gasteiger charge is 2.38. The van der Waals surface area contributed by atoms with E-state index in [9.17, 15) is 14.4 Å². The summed E-state index contributed by atoms with van der Waals surface area (Å²) < 4.78 is 4.72. The minimum absolute atomic E-state index is 0.223. The average Bonchev–Trinajstić information content (AvgIpc) is 2.63. The molecule has 0 saturated carbocycles. The SMILES string of the molecule is CCOC(=O)NC(C)N1C(=O)c2ccccc2C1=O. The zero-order valence-corrected chi connectivity index (χ0v) is 10.7. The minimum Gasteiger partial charge on any atom is -0.450 e. The van der Waals surface area contributed by atoms with Crippen LogP contribution in [0.4, 0.5) is 4.79 Å². The second-order valence-electron chi connectivity index (χ2n) is 4.07. The Balaban J connectivity index is 2.17. The van der Waals surface area contributed by atoms with Crippen LogP contribution in [0.1, 0.15) is 34.6 Å². The van der Waals surface area contributed by atoms with Crippen molar-refractivity contribution in [2.75, 3.05) is 6.61 Å². The number of nitrogens with zero attached hydrogens (tertiary/aromatic N) is 1. The Kier molecular flexibility index (Phi) is 3.50. The van der Waals surface area contributed by atoms with E-state index in [1.165, 1.54) is 0 Å². The molecule has 2 rings (SSSR count). The molecule has 0 radical (unpaired) electrons. The number of hydrogen-bond acceptors (Lipinski definition) is 4. The standard InChI is InChI=1S/C13H14N2O4/c1-3-19-13(18)14-8(2)15-11(16)9-6-4-5-7-10(9)12(15)17/h4-8H,3H2,1-2H3,(H,14,18). The van der Waals surface area contributed by atoms with Crippen LogP contribution in [0.2, 0.25) is 0 Å². The van der Waals surface area contributed by atoms with Crippen molar-refractivity contribution in [2.45, 2.75) is 20.0 Å². The van der Waals surface area contributed by atoms with Crippen LogP contribution in [0.3, 0.4) is 0 Å². The molecular weight excluding hydrogens is 248 g/mol. The lowest BCUT2D eigenvalue weighted by atomic mass is 10.1. The Morgan fingerprint density at radius 3 is 2.26 bits per heavy atom. The molecule has 1 aromatic rings. The molecule has 6 nitrogen and oxygen atoms in total. The van der Waals surface area contributed by atoms with Crippen molar-refractivity contribution in [2.24, 2.45) is 0 Å². The maximum absolute atomic E-state index is 12.1. The third-order valence-corrected chi connectivity index (χ3v) is 2.81. The van der Waals surface area contributed by atoms with Crippen molar-refractivity contribution in [3.05, 3.63) is 35.4 Å². The summed E-state index contributed by atoms with van der Waals surface area (Å²) in [5.74, 6) is -0.824. The molecule has 0 aliphatic carbocycles. The van der Waals surface area contributed by atoms with E-state index >= 15 is 0 Å². The van der Waals surface area contributed by atoms with E-state index < -0.39 is 24.1 Å². The summed E-state index contributed by atoms with van der Waals surface area (Å²) in [6.07, 6.45) is -1.42. The number of amides is 3. The van der Waals surface area contributed by atoms with Gasteiger partial charge in [-0.05, 0) is 26.0 Å². The van der Waals surface area contributed by atoms with E-state index in [-0.39, 0.29) is 6.61 Å². The van der Waals surface area contributed by atoms with E-state index in [0.717, 1.165) is 4.90 Å². The highest BCUT2D eigenvalue weighted by atomic mass is 16.5. The molecule has 1 heterocycles. The van der Waals surface area contributed by atoms with Gasteiger partial charge in [0.05, 0.1) is 17.7 Å². The van der Waals surface area contributed by atoms with Gasteiger partial charge in [-0.25, -0.2) is 4.79 Å². The first-order chi connectivity index (χ1) is 9.06. The molecule has 1 aromatic carbocycles. The van der Waals surface area contributed by atoms with Crippen molar-refractivity contribution in [3.8, 4) is 0 Å². The quantitative estimate of drug-likeness (QED) is 0.835. The maximum atomic E-state index is 12.1. The first kappa shape index (κ1) is 13.1. The summed E-state index contributed by atoms with van der Waals surface area (Å²) >= 11 is 0. The smallest absolute Gasteiger partial charge is 0.408 e. The monoisotopic (exact) mass is 262 g/mol. The van der Waals surface area contributed by atoms with Gasteiger partial charge in [0.1, 0.15) is 6.17 Å². The van der Waals surface area contributed by atoms with Gasteiger partial charge in [-0.2, -0.15) is 0 Å². The molecule has 0 spiro atoms. The van der Waals surface area contributed by atoms with Gasteiger partial charge >= 0.3 is 6.09 Å². The first-order valence-corrected chi connectivity index (χ1v) is 5.96. The number of carbonyl (C=O) groups is 3. The lowest BCUT2D eigenvalue weighted by Crippen LogP contribution is -2.49. The van der Waals surface area contributed by atoms with Gasteiger partial charge in [0.15, 0.2) is 0 Å². The van der Waals surface area contributed by atoms with Crippen LogP contribution in [0, 0.1) is 0 Å². The Labute approximate surface area is 110 Å². The predicted molar refractivity (Wildman–Crippen MR) is 66.6 cm³/mol. The van der Waals surface area contributed by atoms with Crippen LogP contribution in [-0.4, -0.2) is 35.6 Å². The van der Waals surface area contributed by atoms with Crippen LogP contribution >= 0.6 is 0 Å². The number of imide groups is 1. The Bertz CT molecular complexity index is 506. The summed E-state index contributed by atoms with van der Waals surface area (Å²) in [4.78, 5) is 36.5. The van der Waals surface area contributed by atoms with Crippen molar-refractivity contribution in [1.29, 1.82) is 0 Å². The summed E-state index contributed by atoms with van der Waals surface area (Å²) in [5.41, 5.74) is 0.704. The third-order valence-electron chi connectivity index (χ3n) is 2.81. The summed E-state index contributed by atoms with van der Waals surface area (Å²) in [6.45, 7) is 3.45. The Hall–Kier alpha value is -2.37. The van der Waals surface area contributed by atoms with E-state index in [2.05, 4.69) is 5.32 Å². The molecule has 0 aromatic heterocycles. The molecule has 1 aliphatic heterocycles. The zero-order valence-electron chi connectivity index (χ0n) is 10.7. The molecule has 0 saturated heterocycles. The van der Waals surface area contributed by atoms with E-state index in [1.807, 2.05) is 0 Å². The fourth-order valence-corrected chi connectivity index (χ4v) is 1.97. The van der Waals surface area contributed by atoms with Crippen molar-refractivity contribution < 1.29 is 19.1 Å². The second kappa shape index (κ2) is 5.09. The molecule has 6 heteroatoms. The number of hydrogen-bond donors (Lipinski definition) is 1. The number of rotatable bonds is 3. The number of fused-ring (bicyclic) bond motifs is 1. The van der Waals surface area contributed by atoms with E-state index in [4.69, 9.17) is 4.74 Å². The number of carbonyl (C=O) groups excluding carboxylic acids is 3. The molecule has 0 fully saturated rings. The number of benzene rings is 1. The van der Waals surface area contributed by atoms with Gasteiger partial charge in [0.2, 0.25) is 0 Å². The predicted octanol–water partition coefficient (Wildman–Crippen LogP) is 1.37. The molecule has 1 unspecified atom stereocenters. The summed E-state index contributed by atoms with van der Waals surface area (Å²) in [6, 6.07) is 6.56. The van der Waals surface area contributed by atoms with Gasteiger partial charge < -0.3 is 10.1 Å². The average molecular weight is 262 g/mol. The van der Waals surface area contributed by atoms with Gasteiger partial charge in [-0.1, -0.05) is 12.1 Å². The molecular formula is C13H14N2O4. The normalized spacial score (nSPS) is 15.2. The number of ether oxygens (including phenoxy) is 1. The molecule has 0 bridgehead atoms.